The van der Waals surface area contributed by atoms with Crippen LogP contribution in [0.2, 0.25) is 0 Å². The van der Waals surface area contributed by atoms with E-state index in [-0.39, 0.29) is 24.0 Å². The number of methoxy groups -OCH3 is 1. The Kier molecular flexibility index (Phi) is 9.66. The summed E-state index contributed by atoms with van der Waals surface area (Å²) < 4.78 is 5.29. The van der Waals surface area contributed by atoms with Crippen molar-refractivity contribution < 1.29 is 4.74 Å². The number of aryl methyl sites for hydroxylation is 2. The molecule has 1 aliphatic rings. The summed E-state index contributed by atoms with van der Waals surface area (Å²) in [7, 11) is 1.78. The minimum Gasteiger partial charge on any atom is -0.384 e. The zero-order chi connectivity index (χ0) is 16.7. The number of nitrogens with zero attached hydrogens (tertiary/aromatic N) is 2. The number of nitrogens with one attached hydrogen (secondary N) is 1. The summed E-state index contributed by atoms with van der Waals surface area (Å²) in [5, 5.41) is 3.43. The molecule has 1 saturated heterocycles. The van der Waals surface area contributed by atoms with E-state index in [0.29, 0.717) is 5.92 Å². The molecule has 24 heavy (non-hydrogen) atoms. The Morgan fingerprint density at radius 1 is 1.29 bits per heavy atom. The summed E-state index contributed by atoms with van der Waals surface area (Å²) in [5.74, 6) is 1.68. The summed E-state index contributed by atoms with van der Waals surface area (Å²) in [6.45, 7) is 11.1. The average Bonchev–Trinajstić information content (AvgIpc) is 2.94. The van der Waals surface area contributed by atoms with Crippen molar-refractivity contribution in [3.05, 3.63) is 34.9 Å². The Bertz CT molecular complexity index is 513. The second-order valence-electron chi connectivity index (χ2n) is 6.54. The van der Waals surface area contributed by atoms with Crippen molar-refractivity contribution in [1.82, 2.24) is 10.2 Å². The molecule has 1 aromatic rings. The lowest BCUT2D eigenvalue weighted by atomic mass is 10.1. The van der Waals surface area contributed by atoms with Gasteiger partial charge in [0.15, 0.2) is 5.96 Å². The number of guanidine groups is 1. The molecular formula is C19H32IN3O. The largest absolute Gasteiger partial charge is 0.384 e. The van der Waals surface area contributed by atoms with Gasteiger partial charge in [-0.3, -0.25) is 4.99 Å². The van der Waals surface area contributed by atoms with E-state index in [1.54, 1.807) is 7.11 Å². The smallest absolute Gasteiger partial charge is 0.193 e. The van der Waals surface area contributed by atoms with Crippen molar-refractivity contribution in [2.24, 2.45) is 10.9 Å². The highest BCUT2D eigenvalue weighted by Gasteiger charge is 2.24. The second-order valence-corrected chi connectivity index (χ2v) is 6.54. The zero-order valence-corrected chi connectivity index (χ0v) is 17.8. The van der Waals surface area contributed by atoms with Crippen LogP contribution < -0.4 is 5.32 Å². The minimum absolute atomic E-state index is 0. The normalized spacial score (nSPS) is 17.8. The molecule has 0 saturated carbocycles. The lowest BCUT2D eigenvalue weighted by molar-refractivity contribution is 0.157. The predicted octanol–water partition coefficient (Wildman–Crippen LogP) is 3.40. The number of rotatable bonds is 6. The van der Waals surface area contributed by atoms with Crippen LogP contribution in [0.5, 0.6) is 0 Å². The maximum absolute atomic E-state index is 5.29. The maximum atomic E-state index is 5.29. The van der Waals surface area contributed by atoms with E-state index in [1.165, 1.54) is 23.1 Å². The SMILES string of the molecule is CCNC(=NCCc1cc(C)cc(C)c1)N1CCC(COC)C1.I. The summed E-state index contributed by atoms with van der Waals surface area (Å²) in [4.78, 5) is 7.21. The highest BCUT2D eigenvalue weighted by molar-refractivity contribution is 14.0. The second kappa shape index (κ2) is 10.9. The van der Waals surface area contributed by atoms with Gasteiger partial charge in [-0.15, -0.1) is 24.0 Å². The van der Waals surface area contributed by atoms with E-state index >= 15 is 0 Å². The van der Waals surface area contributed by atoms with Crippen LogP contribution in [0.4, 0.5) is 0 Å². The number of aliphatic imine (C=N–C) groups is 1. The Hall–Kier alpha value is -0.820. The minimum atomic E-state index is 0. The van der Waals surface area contributed by atoms with Crippen LogP contribution in [0.25, 0.3) is 0 Å². The maximum Gasteiger partial charge on any atom is 0.193 e. The number of ether oxygens (including phenoxy) is 1. The quantitative estimate of drug-likeness (QED) is 0.415. The van der Waals surface area contributed by atoms with Crippen LogP contribution >= 0.6 is 24.0 Å². The first-order valence-corrected chi connectivity index (χ1v) is 8.71. The third-order valence-electron chi connectivity index (χ3n) is 4.27. The fourth-order valence-corrected chi connectivity index (χ4v) is 3.33. The number of hydrogen-bond donors (Lipinski definition) is 1. The molecule has 1 fully saturated rings. The van der Waals surface area contributed by atoms with Gasteiger partial charge in [-0.05, 0) is 39.2 Å². The van der Waals surface area contributed by atoms with E-state index in [9.17, 15) is 0 Å². The summed E-state index contributed by atoms with van der Waals surface area (Å²) >= 11 is 0. The first kappa shape index (κ1) is 21.2. The molecule has 5 heteroatoms. The van der Waals surface area contributed by atoms with Gasteiger partial charge in [0.1, 0.15) is 0 Å². The van der Waals surface area contributed by atoms with Gasteiger partial charge in [-0.2, -0.15) is 0 Å². The van der Waals surface area contributed by atoms with Crippen molar-refractivity contribution in [1.29, 1.82) is 0 Å². The van der Waals surface area contributed by atoms with Crippen LogP contribution in [0.15, 0.2) is 23.2 Å². The van der Waals surface area contributed by atoms with E-state index in [4.69, 9.17) is 9.73 Å². The van der Waals surface area contributed by atoms with E-state index in [2.05, 4.69) is 49.2 Å². The van der Waals surface area contributed by atoms with Gasteiger partial charge in [0.05, 0.1) is 6.61 Å². The highest BCUT2D eigenvalue weighted by atomic mass is 127. The van der Waals surface area contributed by atoms with Crippen LogP contribution in [-0.2, 0) is 11.2 Å². The molecule has 1 atom stereocenters. The van der Waals surface area contributed by atoms with Crippen LogP contribution in [0.3, 0.4) is 0 Å². The fraction of sp³-hybridized carbons (Fsp3) is 0.632. The molecule has 0 aromatic heterocycles. The van der Waals surface area contributed by atoms with Gasteiger partial charge in [-0.25, -0.2) is 0 Å². The van der Waals surface area contributed by atoms with Crippen molar-refractivity contribution >= 4 is 29.9 Å². The molecule has 1 heterocycles. The standard InChI is InChI=1S/C19H31N3O.HI/c1-5-20-19(22-9-7-18(13-22)14-23-4)21-8-6-17-11-15(2)10-16(3)12-17;/h10-12,18H,5-9,13-14H2,1-4H3,(H,20,21);1H. The highest BCUT2D eigenvalue weighted by Crippen LogP contribution is 2.16. The summed E-state index contributed by atoms with van der Waals surface area (Å²) in [6.07, 6.45) is 2.18. The molecule has 0 radical (unpaired) electrons. The number of halogens is 1. The first-order chi connectivity index (χ1) is 11.1. The lowest BCUT2D eigenvalue weighted by Gasteiger charge is -2.21. The third-order valence-corrected chi connectivity index (χ3v) is 4.27. The predicted molar refractivity (Wildman–Crippen MR) is 113 cm³/mol. The molecular weight excluding hydrogens is 413 g/mol. The molecule has 1 unspecified atom stereocenters. The van der Waals surface area contributed by atoms with Gasteiger partial charge in [0.25, 0.3) is 0 Å². The van der Waals surface area contributed by atoms with Gasteiger partial charge in [0, 0.05) is 39.2 Å². The molecule has 0 amide bonds. The van der Waals surface area contributed by atoms with Gasteiger partial charge >= 0.3 is 0 Å². The first-order valence-electron chi connectivity index (χ1n) is 8.71. The summed E-state index contributed by atoms with van der Waals surface area (Å²) in [6, 6.07) is 6.75. The van der Waals surface area contributed by atoms with E-state index in [1.807, 2.05) is 0 Å². The van der Waals surface area contributed by atoms with Gasteiger partial charge in [0.2, 0.25) is 0 Å². The van der Waals surface area contributed by atoms with Crippen LogP contribution in [-0.4, -0.2) is 50.8 Å². The van der Waals surface area contributed by atoms with Crippen LogP contribution in [0.1, 0.15) is 30.0 Å². The lowest BCUT2D eigenvalue weighted by Crippen LogP contribution is -2.40. The van der Waals surface area contributed by atoms with E-state index in [0.717, 1.165) is 45.2 Å². The van der Waals surface area contributed by atoms with Gasteiger partial charge < -0.3 is 15.0 Å². The average molecular weight is 445 g/mol. The Labute approximate surface area is 164 Å². The monoisotopic (exact) mass is 445 g/mol. The molecule has 136 valence electrons. The molecule has 1 aliphatic heterocycles. The molecule has 1 N–H and O–H groups in total. The number of hydrogen-bond acceptors (Lipinski definition) is 2. The van der Waals surface area contributed by atoms with Gasteiger partial charge in [-0.1, -0.05) is 29.3 Å². The topological polar surface area (TPSA) is 36.9 Å². The molecule has 1 aromatic carbocycles. The van der Waals surface area contributed by atoms with Crippen molar-refractivity contribution in [2.45, 2.75) is 33.6 Å². The Morgan fingerprint density at radius 3 is 2.62 bits per heavy atom. The molecule has 0 aliphatic carbocycles. The van der Waals surface area contributed by atoms with Crippen molar-refractivity contribution in [2.75, 3.05) is 39.9 Å². The van der Waals surface area contributed by atoms with Crippen molar-refractivity contribution in [3.63, 3.8) is 0 Å². The zero-order valence-electron chi connectivity index (χ0n) is 15.5. The Balaban J connectivity index is 0.00000288. The number of likely N-dealkylation sites (tertiary alicyclic amines) is 1. The third kappa shape index (κ3) is 6.59. The van der Waals surface area contributed by atoms with Crippen LogP contribution in [0, 0.1) is 19.8 Å². The summed E-state index contributed by atoms with van der Waals surface area (Å²) in [5.41, 5.74) is 4.04. The molecule has 0 spiro atoms. The Morgan fingerprint density at radius 2 is 2.00 bits per heavy atom. The molecule has 0 bridgehead atoms. The molecule has 4 nitrogen and oxygen atoms in total. The molecule has 2 rings (SSSR count). The fourth-order valence-electron chi connectivity index (χ4n) is 3.33. The number of benzene rings is 1. The van der Waals surface area contributed by atoms with E-state index < -0.39 is 0 Å². The van der Waals surface area contributed by atoms with Crippen molar-refractivity contribution in [3.8, 4) is 0 Å².